The monoisotopic (exact) mass is 334 g/mol. The fourth-order valence-electron chi connectivity index (χ4n) is 1.21. The first-order valence-corrected chi connectivity index (χ1v) is 6.42. The molecule has 0 saturated heterocycles. The minimum Gasteiger partial charge on any atom is -0.363 e. The summed E-state index contributed by atoms with van der Waals surface area (Å²) in [5.74, 6) is 0. The Kier molecular flexibility index (Phi) is 3.11. The Bertz CT molecular complexity index is 402. The van der Waals surface area contributed by atoms with Gasteiger partial charge in [0.25, 0.3) is 0 Å². The van der Waals surface area contributed by atoms with E-state index in [9.17, 15) is 0 Å². The van der Waals surface area contributed by atoms with E-state index in [4.69, 9.17) is 5.73 Å². The topological polar surface area (TPSA) is 41.8 Å². The average Bonchev–Trinajstić information content (AvgIpc) is 2.76. The number of thiophene rings is 1. The van der Waals surface area contributed by atoms with Crippen molar-refractivity contribution in [1.82, 2.24) is 4.98 Å². The van der Waals surface area contributed by atoms with Crippen molar-refractivity contribution in [3.8, 4) is 0 Å². The highest BCUT2D eigenvalue weighted by Gasteiger charge is 2.13. The highest BCUT2D eigenvalue weighted by atomic mass is 79.9. The molecule has 0 fully saturated rings. The number of hydrogen-bond acceptors (Lipinski definition) is 2. The van der Waals surface area contributed by atoms with Crippen molar-refractivity contribution in [2.75, 3.05) is 0 Å². The number of H-pyrrole nitrogens is 1. The number of nitrogens with two attached hydrogens (primary N) is 1. The fraction of sp³-hybridized carbons (Fsp3) is 0.111. The molecular formula is C9H8Br2N2S. The van der Waals surface area contributed by atoms with Gasteiger partial charge in [-0.15, -0.1) is 11.3 Å². The molecule has 0 aliphatic heterocycles. The molecule has 0 aliphatic carbocycles. The molecule has 0 saturated carbocycles. The molecule has 0 amide bonds. The molecule has 0 radical (unpaired) electrons. The number of rotatable bonds is 2. The first-order valence-electron chi connectivity index (χ1n) is 4.02. The van der Waals surface area contributed by atoms with Gasteiger partial charge in [0.2, 0.25) is 0 Å². The smallest absolute Gasteiger partial charge is 0.0843 e. The van der Waals surface area contributed by atoms with Crippen LogP contribution in [0.3, 0.4) is 0 Å². The molecule has 2 aromatic rings. The first-order chi connectivity index (χ1) is 6.68. The van der Waals surface area contributed by atoms with E-state index in [1.54, 1.807) is 11.3 Å². The summed E-state index contributed by atoms with van der Waals surface area (Å²) < 4.78 is 2.13. The van der Waals surface area contributed by atoms with Crippen molar-refractivity contribution in [3.05, 3.63) is 43.2 Å². The van der Waals surface area contributed by atoms with Gasteiger partial charge in [-0.3, -0.25) is 0 Å². The fourth-order valence-corrected chi connectivity index (χ4v) is 3.32. The molecule has 2 rings (SSSR count). The van der Waals surface area contributed by atoms with Gasteiger partial charge in [0, 0.05) is 21.2 Å². The van der Waals surface area contributed by atoms with Gasteiger partial charge < -0.3 is 10.7 Å². The van der Waals surface area contributed by atoms with Gasteiger partial charge in [0.1, 0.15) is 0 Å². The van der Waals surface area contributed by atoms with Crippen molar-refractivity contribution in [1.29, 1.82) is 0 Å². The Hall–Kier alpha value is -0.1000. The maximum absolute atomic E-state index is 6.08. The van der Waals surface area contributed by atoms with E-state index in [2.05, 4.69) is 36.8 Å². The van der Waals surface area contributed by atoms with Crippen molar-refractivity contribution in [2.24, 2.45) is 5.73 Å². The van der Waals surface area contributed by atoms with Crippen molar-refractivity contribution < 1.29 is 0 Å². The van der Waals surface area contributed by atoms with Crippen LogP contribution in [-0.2, 0) is 0 Å². The van der Waals surface area contributed by atoms with Crippen molar-refractivity contribution >= 4 is 43.2 Å². The molecule has 1 atom stereocenters. The van der Waals surface area contributed by atoms with Gasteiger partial charge in [-0.25, -0.2) is 0 Å². The molecule has 2 aromatic heterocycles. The third-order valence-electron chi connectivity index (χ3n) is 1.93. The third kappa shape index (κ3) is 1.95. The highest BCUT2D eigenvalue weighted by molar-refractivity contribution is 9.13. The Morgan fingerprint density at radius 2 is 2.21 bits per heavy atom. The van der Waals surface area contributed by atoms with Crippen molar-refractivity contribution in [3.63, 3.8) is 0 Å². The standard InChI is InChI=1S/C9H8Br2N2S/c10-5-4-7(14-9(5)11)8(12)6-2-1-3-13-6/h1-4,8,13H,12H2. The Labute approximate surface area is 103 Å². The molecule has 2 nitrogen and oxygen atoms in total. The van der Waals surface area contributed by atoms with E-state index in [1.165, 1.54) is 0 Å². The molecule has 0 spiro atoms. The number of aromatic amines is 1. The predicted octanol–water partition coefficient (Wildman–Crippen LogP) is 3.65. The average molecular weight is 336 g/mol. The lowest BCUT2D eigenvalue weighted by Crippen LogP contribution is -2.10. The van der Waals surface area contributed by atoms with Crippen LogP contribution in [0.25, 0.3) is 0 Å². The zero-order valence-corrected chi connectivity index (χ0v) is 11.1. The van der Waals surface area contributed by atoms with Crippen LogP contribution in [-0.4, -0.2) is 4.98 Å². The molecule has 1 unspecified atom stereocenters. The lowest BCUT2D eigenvalue weighted by atomic mass is 10.2. The quantitative estimate of drug-likeness (QED) is 0.864. The van der Waals surface area contributed by atoms with Gasteiger partial charge in [-0.05, 0) is 50.1 Å². The van der Waals surface area contributed by atoms with Crippen LogP contribution in [0.2, 0.25) is 0 Å². The normalized spacial score (nSPS) is 13.1. The third-order valence-corrected chi connectivity index (χ3v) is 5.27. The zero-order valence-electron chi connectivity index (χ0n) is 7.13. The lowest BCUT2D eigenvalue weighted by molar-refractivity contribution is 0.857. The van der Waals surface area contributed by atoms with Crippen LogP contribution < -0.4 is 5.73 Å². The lowest BCUT2D eigenvalue weighted by Gasteiger charge is -2.06. The van der Waals surface area contributed by atoms with Crippen LogP contribution in [0, 0.1) is 0 Å². The van der Waals surface area contributed by atoms with Crippen LogP contribution in [0.5, 0.6) is 0 Å². The molecule has 5 heteroatoms. The largest absolute Gasteiger partial charge is 0.363 e. The second-order valence-corrected chi connectivity index (χ2v) is 6.13. The summed E-state index contributed by atoms with van der Waals surface area (Å²) in [5, 5.41) is 0. The summed E-state index contributed by atoms with van der Waals surface area (Å²) >= 11 is 8.54. The molecule has 2 heterocycles. The zero-order chi connectivity index (χ0) is 10.1. The minimum atomic E-state index is -0.0717. The number of nitrogens with one attached hydrogen (secondary N) is 1. The Morgan fingerprint density at radius 1 is 1.43 bits per heavy atom. The summed E-state index contributed by atoms with van der Waals surface area (Å²) in [4.78, 5) is 4.25. The van der Waals surface area contributed by atoms with Crippen LogP contribution >= 0.6 is 43.2 Å². The second-order valence-electron chi connectivity index (χ2n) is 2.87. The molecule has 74 valence electrons. The summed E-state index contributed by atoms with van der Waals surface area (Å²) in [5.41, 5.74) is 7.11. The summed E-state index contributed by atoms with van der Waals surface area (Å²) in [6.07, 6.45) is 1.88. The summed E-state index contributed by atoms with van der Waals surface area (Å²) in [6.45, 7) is 0. The van der Waals surface area contributed by atoms with Gasteiger partial charge >= 0.3 is 0 Å². The van der Waals surface area contributed by atoms with Gasteiger partial charge in [-0.1, -0.05) is 0 Å². The van der Waals surface area contributed by atoms with Crippen LogP contribution in [0.1, 0.15) is 16.6 Å². The molecular weight excluding hydrogens is 328 g/mol. The van der Waals surface area contributed by atoms with E-state index in [0.29, 0.717) is 0 Å². The van der Waals surface area contributed by atoms with E-state index >= 15 is 0 Å². The molecule has 0 aliphatic rings. The van der Waals surface area contributed by atoms with E-state index in [-0.39, 0.29) is 6.04 Å². The molecule has 0 bridgehead atoms. The Balaban J connectivity index is 2.32. The maximum atomic E-state index is 6.08. The summed E-state index contributed by atoms with van der Waals surface area (Å²) in [6, 6.07) is 5.91. The van der Waals surface area contributed by atoms with Gasteiger partial charge in [-0.2, -0.15) is 0 Å². The van der Waals surface area contributed by atoms with Crippen LogP contribution in [0.4, 0.5) is 0 Å². The van der Waals surface area contributed by atoms with Gasteiger partial charge in [0.15, 0.2) is 0 Å². The minimum absolute atomic E-state index is 0.0717. The number of halogens is 2. The highest BCUT2D eigenvalue weighted by Crippen LogP contribution is 2.36. The van der Waals surface area contributed by atoms with Crippen LogP contribution in [0.15, 0.2) is 32.7 Å². The molecule has 0 aromatic carbocycles. The number of hydrogen-bond donors (Lipinski definition) is 2. The molecule has 14 heavy (non-hydrogen) atoms. The van der Waals surface area contributed by atoms with E-state index < -0.39 is 0 Å². The predicted molar refractivity (Wildman–Crippen MR) is 66.5 cm³/mol. The number of aromatic nitrogens is 1. The first kappa shape index (κ1) is 10.4. The van der Waals surface area contributed by atoms with Crippen molar-refractivity contribution in [2.45, 2.75) is 6.04 Å². The second kappa shape index (κ2) is 4.18. The van der Waals surface area contributed by atoms with E-state index in [0.717, 1.165) is 18.8 Å². The summed E-state index contributed by atoms with van der Waals surface area (Å²) in [7, 11) is 0. The van der Waals surface area contributed by atoms with E-state index in [1.807, 2.05) is 24.4 Å². The SMILES string of the molecule is NC(c1ccc[nH]1)c1cc(Br)c(Br)s1. The van der Waals surface area contributed by atoms with Gasteiger partial charge in [0.05, 0.1) is 9.83 Å². The maximum Gasteiger partial charge on any atom is 0.0843 e. The molecule has 3 N–H and O–H groups in total. The Morgan fingerprint density at radius 3 is 2.71 bits per heavy atom.